The van der Waals surface area contributed by atoms with Crippen LogP contribution in [0.25, 0.3) is 0 Å². The Kier molecular flexibility index (Phi) is 3.57. The highest BCUT2D eigenvalue weighted by Crippen LogP contribution is 2.07. The first-order valence-electron chi connectivity index (χ1n) is 3.95. The van der Waals surface area contributed by atoms with Gasteiger partial charge in [0.05, 0.1) is 6.42 Å². The maximum Gasteiger partial charge on any atom is 0.151 e. The number of hydrogen-bond acceptors (Lipinski definition) is 2. The van der Waals surface area contributed by atoms with Crippen LogP contribution >= 0.6 is 0 Å². The highest BCUT2D eigenvalue weighted by atomic mass is 19.1. The smallest absolute Gasteiger partial charge is 0.151 e. The van der Waals surface area contributed by atoms with Crippen molar-refractivity contribution in [3.05, 3.63) is 35.1 Å². The van der Waals surface area contributed by atoms with E-state index >= 15 is 0 Å². The van der Waals surface area contributed by atoms with Gasteiger partial charge in [-0.25, -0.2) is 4.39 Å². The van der Waals surface area contributed by atoms with Crippen LogP contribution in [-0.2, 0) is 4.79 Å². The van der Waals surface area contributed by atoms with Crippen LogP contribution in [-0.4, -0.2) is 12.6 Å². The van der Waals surface area contributed by atoms with E-state index in [9.17, 15) is 14.0 Å². The molecular weight excluding hydrogens is 183 g/mol. The van der Waals surface area contributed by atoms with Crippen LogP contribution in [0.3, 0.4) is 0 Å². The fourth-order valence-corrected chi connectivity index (χ4v) is 0.927. The molecule has 3 heteroatoms. The van der Waals surface area contributed by atoms with Crippen molar-refractivity contribution in [2.75, 3.05) is 0 Å². The molecule has 0 bridgehead atoms. The zero-order valence-electron chi connectivity index (χ0n) is 7.29. The molecule has 14 heavy (non-hydrogen) atoms. The average Bonchev–Trinajstić information content (AvgIpc) is 2.19. The second kappa shape index (κ2) is 4.93. The molecule has 1 rings (SSSR count). The molecule has 0 heterocycles. The van der Waals surface area contributed by atoms with Crippen molar-refractivity contribution in [1.29, 1.82) is 0 Å². The van der Waals surface area contributed by atoms with E-state index in [1.165, 1.54) is 18.2 Å². The van der Waals surface area contributed by atoms with E-state index in [1.54, 1.807) is 0 Å². The van der Waals surface area contributed by atoms with Gasteiger partial charge in [0.1, 0.15) is 12.1 Å². The zero-order chi connectivity index (χ0) is 10.4. The van der Waals surface area contributed by atoms with Crippen molar-refractivity contribution in [1.82, 2.24) is 0 Å². The molecule has 0 spiro atoms. The Balaban J connectivity index is 3.06. The Morgan fingerprint density at radius 1 is 1.36 bits per heavy atom. The monoisotopic (exact) mass is 190 g/mol. The second-order valence-corrected chi connectivity index (χ2v) is 2.52. The van der Waals surface area contributed by atoms with Crippen LogP contribution in [0.1, 0.15) is 22.3 Å². The third-order valence-corrected chi connectivity index (χ3v) is 1.55. The lowest BCUT2D eigenvalue weighted by Gasteiger charge is -1.95. The van der Waals surface area contributed by atoms with Crippen molar-refractivity contribution in [2.24, 2.45) is 0 Å². The van der Waals surface area contributed by atoms with Crippen LogP contribution in [0.2, 0.25) is 0 Å². The Hall–Kier alpha value is -1.95. The number of aldehydes is 2. The molecule has 0 saturated carbocycles. The number of carbonyl (C=O) groups excluding carboxylic acids is 2. The summed E-state index contributed by atoms with van der Waals surface area (Å²) in [5, 5.41) is 0. The first-order valence-corrected chi connectivity index (χ1v) is 3.95. The highest BCUT2D eigenvalue weighted by molar-refractivity contribution is 5.79. The van der Waals surface area contributed by atoms with Gasteiger partial charge in [-0.2, -0.15) is 0 Å². The van der Waals surface area contributed by atoms with Crippen LogP contribution in [0.4, 0.5) is 4.39 Å². The Bertz CT molecular complexity index is 413. The standard InChI is InChI=1S/C11H7FO2/c12-11-5-4-10(8-14)9(7-11)3-1-2-6-13/h4-8H,2H2. The molecule has 1 aromatic carbocycles. The third kappa shape index (κ3) is 2.53. The lowest BCUT2D eigenvalue weighted by Crippen LogP contribution is -1.88. The molecule has 0 aromatic heterocycles. The van der Waals surface area contributed by atoms with Crippen molar-refractivity contribution < 1.29 is 14.0 Å². The molecule has 0 amide bonds. The van der Waals surface area contributed by atoms with E-state index < -0.39 is 5.82 Å². The average molecular weight is 190 g/mol. The van der Waals surface area contributed by atoms with Crippen molar-refractivity contribution in [2.45, 2.75) is 6.42 Å². The summed E-state index contributed by atoms with van der Waals surface area (Å²) in [6, 6.07) is 3.71. The number of halogens is 1. The second-order valence-electron chi connectivity index (χ2n) is 2.52. The van der Waals surface area contributed by atoms with Gasteiger partial charge in [-0.05, 0) is 18.2 Å². The first kappa shape index (κ1) is 10.1. The first-order chi connectivity index (χ1) is 6.77. The summed E-state index contributed by atoms with van der Waals surface area (Å²) >= 11 is 0. The van der Waals surface area contributed by atoms with E-state index in [2.05, 4.69) is 11.8 Å². The van der Waals surface area contributed by atoms with Crippen LogP contribution in [0.15, 0.2) is 18.2 Å². The maximum atomic E-state index is 12.7. The summed E-state index contributed by atoms with van der Waals surface area (Å²) in [5.41, 5.74) is 0.631. The summed E-state index contributed by atoms with van der Waals surface area (Å²) < 4.78 is 12.7. The van der Waals surface area contributed by atoms with Crippen LogP contribution in [0.5, 0.6) is 0 Å². The summed E-state index contributed by atoms with van der Waals surface area (Å²) in [6.07, 6.45) is 1.33. The third-order valence-electron chi connectivity index (χ3n) is 1.55. The van der Waals surface area contributed by atoms with E-state index in [1.807, 2.05) is 0 Å². The predicted molar refractivity (Wildman–Crippen MR) is 49.3 cm³/mol. The van der Waals surface area contributed by atoms with E-state index in [0.29, 0.717) is 23.7 Å². The molecule has 0 aliphatic heterocycles. The minimum absolute atomic E-state index is 0.0782. The van der Waals surface area contributed by atoms with Gasteiger partial charge >= 0.3 is 0 Å². The Morgan fingerprint density at radius 3 is 2.79 bits per heavy atom. The van der Waals surface area contributed by atoms with Gasteiger partial charge in [0.2, 0.25) is 0 Å². The molecular formula is C11H7FO2. The molecule has 0 unspecified atom stereocenters. The lowest BCUT2D eigenvalue weighted by atomic mass is 10.1. The molecule has 0 atom stereocenters. The normalized spacial score (nSPS) is 8.64. The fourth-order valence-electron chi connectivity index (χ4n) is 0.927. The van der Waals surface area contributed by atoms with Crippen molar-refractivity contribution in [3.8, 4) is 11.8 Å². The van der Waals surface area contributed by atoms with Gasteiger partial charge in [0, 0.05) is 11.1 Å². The minimum atomic E-state index is -0.453. The summed E-state index contributed by atoms with van der Waals surface area (Å²) in [4.78, 5) is 20.5. The van der Waals surface area contributed by atoms with Crippen LogP contribution < -0.4 is 0 Å². The fraction of sp³-hybridized carbons (Fsp3) is 0.0909. The van der Waals surface area contributed by atoms with E-state index in [4.69, 9.17) is 0 Å². The predicted octanol–water partition coefficient (Wildman–Crippen LogP) is 1.58. The number of hydrogen-bond donors (Lipinski definition) is 0. The van der Waals surface area contributed by atoms with Gasteiger partial charge in [-0.3, -0.25) is 4.79 Å². The summed E-state index contributed by atoms with van der Waals surface area (Å²) in [7, 11) is 0. The molecule has 0 N–H and O–H groups in total. The van der Waals surface area contributed by atoms with Crippen molar-refractivity contribution >= 4 is 12.6 Å². The zero-order valence-corrected chi connectivity index (χ0v) is 7.29. The molecule has 0 fully saturated rings. The van der Waals surface area contributed by atoms with Gasteiger partial charge in [0.25, 0.3) is 0 Å². The van der Waals surface area contributed by atoms with E-state index in [-0.39, 0.29) is 6.42 Å². The Morgan fingerprint density at radius 2 is 2.14 bits per heavy atom. The molecule has 0 radical (unpaired) electrons. The highest BCUT2D eigenvalue weighted by Gasteiger charge is 1.99. The van der Waals surface area contributed by atoms with Gasteiger partial charge in [-0.15, -0.1) is 0 Å². The summed E-state index contributed by atoms with van der Waals surface area (Å²) in [5.74, 6) is 4.61. The maximum absolute atomic E-state index is 12.7. The molecule has 0 aliphatic rings. The molecule has 0 saturated heterocycles. The quantitative estimate of drug-likeness (QED) is 0.524. The summed E-state index contributed by atoms with van der Waals surface area (Å²) in [6.45, 7) is 0. The molecule has 70 valence electrons. The SMILES string of the molecule is O=CCC#Cc1cc(F)ccc1C=O. The number of carbonyl (C=O) groups is 2. The largest absolute Gasteiger partial charge is 0.302 e. The topological polar surface area (TPSA) is 34.1 Å². The van der Waals surface area contributed by atoms with Crippen LogP contribution in [0, 0.1) is 17.7 Å². The van der Waals surface area contributed by atoms with Gasteiger partial charge in [-0.1, -0.05) is 11.8 Å². The molecule has 0 aliphatic carbocycles. The molecule has 1 aromatic rings. The minimum Gasteiger partial charge on any atom is -0.302 e. The van der Waals surface area contributed by atoms with E-state index in [0.717, 1.165) is 0 Å². The molecule has 2 nitrogen and oxygen atoms in total. The van der Waals surface area contributed by atoms with Gasteiger partial charge < -0.3 is 4.79 Å². The number of benzene rings is 1. The lowest BCUT2D eigenvalue weighted by molar-refractivity contribution is -0.107. The van der Waals surface area contributed by atoms with Gasteiger partial charge in [0.15, 0.2) is 6.29 Å². The van der Waals surface area contributed by atoms with Crippen molar-refractivity contribution in [3.63, 3.8) is 0 Å². The Labute approximate surface area is 80.7 Å². The number of rotatable bonds is 2.